The molecule has 0 aliphatic rings. The van der Waals surface area contributed by atoms with Crippen LogP contribution in [0.1, 0.15) is 30.4 Å². The Bertz CT molecular complexity index is 1230. The molecule has 0 saturated heterocycles. The Morgan fingerprint density at radius 1 is 1.15 bits per heavy atom. The molecule has 3 rings (SSSR count). The molecule has 1 amide bonds. The number of aromatic nitrogens is 2. The van der Waals surface area contributed by atoms with Crippen molar-refractivity contribution in [3.63, 3.8) is 0 Å². The second-order valence-corrected chi connectivity index (χ2v) is 9.87. The first-order chi connectivity index (χ1) is 15.6. The normalized spacial score (nSPS) is 11.6. The highest BCUT2D eigenvalue weighted by Gasteiger charge is 2.20. The predicted molar refractivity (Wildman–Crippen MR) is 125 cm³/mol. The highest BCUT2D eigenvalue weighted by Crippen LogP contribution is 2.26. The van der Waals surface area contributed by atoms with E-state index in [0.717, 1.165) is 26.7 Å². The number of sulfonamides is 1. The summed E-state index contributed by atoms with van der Waals surface area (Å²) >= 11 is 0. The lowest BCUT2D eigenvalue weighted by Gasteiger charge is -2.16. The summed E-state index contributed by atoms with van der Waals surface area (Å²) in [5.74, 6) is 1.25. The van der Waals surface area contributed by atoms with Gasteiger partial charge >= 0.3 is 0 Å². The Morgan fingerprint density at radius 2 is 1.85 bits per heavy atom. The number of benzene rings is 2. The molecular formula is C23H28N4O5S. The molecule has 0 aliphatic carbocycles. The molecule has 2 aromatic carbocycles. The van der Waals surface area contributed by atoms with Gasteiger partial charge in [-0.2, -0.15) is 4.98 Å². The van der Waals surface area contributed by atoms with Gasteiger partial charge in [-0.1, -0.05) is 5.16 Å². The van der Waals surface area contributed by atoms with Crippen LogP contribution in [0, 0.1) is 13.8 Å². The van der Waals surface area contributed by atoms with Crippen LogP contribution in [0.25, 0.3) is 11.4 Å². The largest absolute Gasteiger partial charge is 0.494 e. The van der Waals surface area contributed by atoms with Gasteiger partial charge in [0.1, 0.15) is 5.75 Å². The molecule has 0 radical (unpaired) electrons. The Morgan fingerprint density at radius 3 is 2.48 bits per heavy atom. The van der Waals surface area contributed by atoms with Crippen molar-refractivity contribution in [2.45, 2.75) is 38.5 Å². The third-order valence-corrected chi connectivity index (χ3v) is 6.94. The molecule has 1 N–H and O–H groups in total. The van der Waals surface area contributed by atoms with Gasteiger partial charge in [-0.05, 0) is 68.3 Å². The van der Waals surface area contributed by atoms with E-state index in [1.165, 1.54) is 20.2 Å². The highest BCUT2D eigenvalue weighted by atomic mass is 32.2. The number of ether oxygens (including phenoxy) is 1. The van der Waals surface area contributed by atoms with Crippen LogP contribution in [0.3, 0.4) is 0 Å². The third kappa shape index (κ3) is 5.77. The fourth-order valence-electron chi connectivity index (χ4n) is 3.09. The van der Waals surface area contributed by atoms with Crippen LogP contribution in [0.15, 0.2) is 45.8 Å². The number of nitrogens with zero attached hydrogens (tertiary/aromatic N) is 3. The van der Waals surface area contributed by atoms with Crippen LogP contribution in [-0.2, 0) is 21.2 Å². The van der Waals surface area contributed by atoms with E-state index >= 15 is 0 Å². The van der Waals surface area contributed by atoms with Crippen LogP contribution in [0.5, 0.6) is 5.75 Å². The summed E-state index contributed by atoms with van der Waals surface area (Å²) in [4.78, 5) is 17.0. The van der Waals surface area contributed by atoms with Crippen molar-refractivity contribution in [1.29, 1.82) is 0 Å². The Labute approximate surface area is 193 Å². The molecule has 1 heterocycles. The Kier molecular flexibility index (Phi) is 7.50. The second-order valence-electron chi connectivity index (χ2n) is 7.72. The molecule has 3 aromatic rings. The van der Waals surface area contributed by atoms with E-state index < -0.39 is 10.0 Å². The number of carbonyl (C=O) groups excluding carboxylic acids is 1. The molecule has 176 valence electrons. The van der Waals surface area contributed by atoms with Gasteiger partial charge < -0.3 is 14.6 Å². The number of amides is 1. The molecule has 10 heteroatoms. The summed E-state index contributed by atoms with van der Waals surface area (Å²) in [5, 5.41) is 6.78. The SMILES string of the molecule is CCOc1ccc(-c2noc(CCC(=O)Nc3cc(S(=O)(=O)N(C)C)cc(C)c3C)n2)cc1. The molecule has 33 heavy (non-hydrogen) atoms. The van der Waals surface area contributed by atoms with Gasteiger partial charge in [-0.3, -0.25) is 4.79 Å². The van der Waals surface area contributed by atoms with Gasteiger partial charge in [-0.25, -0.2) is 12.7 Å². The van der Waals surface area contributed by atoms with Crippen LogP contribution in [0.4, 0.5) is 5.69 Å². The number of rotatable bonds is 9. The van der Waals surface area contributed by atoms with E-state index in [9.17, 15) is 13.2 Å². The molecule has 9 nitrogen and oxygen atoms in total. The Balaban J connectivity index is 1.66. The summed E-state index contributed by atoms with van der Waals surface area (Å²) < 4.78 is 36.8. The van der Waals surface area contributed by atoms with E-state index in [1.54, 1.807) is 13.0 Å². The van der Waals surface area contributed by atoms with Gasteiger partial charge in [0.05, 0.1) is 11.5 Å². The zero-order chi connectivity index (χ0) is 24.2. The molecule has 0 atom stereocenters. The van der Waals surface area contributed by atoms with E-state index in [-0.39, 0.29) is 23.6 Å². The van der Waals surface area contributed by atoms with Crippen molar-refractivity contribution in [3.05, 3.63) is 53.4 Å². The summed E-state index contributed by atoms with van der Waals surface area (Å²) in [6.07, 6.45) is 0.359. The van der Waals surface area contributed by atoms with Crippen molar-refractivity contribution >= 4 is 21.6 Å². The first-order valence-corrected chi connectivity index (χ1v) is 11.9. The van der Waals surface area contributed by atoms with Crippen LogP contribution >= 0.6 is 0 Å². The average molecular weight is 473 g/mol. The smallest absolute Gasteiger partial charge is 0.242 e. The molecule has 1 aromatic heterocycles. The van der Waals surface area contributed by atoms with E-state index in [0.29, 0.717) is 24.0 Å². The Hall–Kier alpha value is -3.24. The predicted octanol–water partition coefficient (Wildman–Crippen LogP) is 3.57. The number of aryl methyl sites for hydroxylation is 2. The minimum Gasteiger partial charge on any atom is -0.494 e. The summed E-state index contributed by atoms with van der Waals surface area (Å²) in [6.45, 7) is 6.14. The maximum Gasteiger partial charge on any atom is 0.242 e. The van der Waals surface area contributed by atoms with Gasteiger partial charge in [0, 0.05) is 38.2 Å². The van der Waals surface area contributed by atoms with Crippen molar-refractivity contribution < 1.29 is 22.5 Å². The standard InChI is InChI=1S/C23H28N4O5S/c1-6-31-18-9-7-17(8-10-18)23-25-22(32-26-23)12-11-21(28)24-20-14-19(13-15(2)16(20)3)33(29,30)27(4)5/h7-10,13-14H,6,11-12H2,1-5H3,(H,24,28). The first kappa shape index (κ1) is 24.4. The fraction of sp³-hybridized carbons (Fsp3) is 0.348. The maximum absolute atomic E-state index is 12.5. The van der Waals surface area contributed by atoms with Crippen molar-refractivity contribution in [3.8, 4) is 17.1 Å². The summed E-state index contributed by atoms with van der Waals surface area (Å²) in [5.41, 5.74) is 2.81. The zero-order valence-electron chi connectivity index (χ0n) is 19.4. The molecule has 0 unspecified atom stereocenters. The third-order valence-electron chi connectivity index (χ3n) is 5.15. The van der Waals surface area contributed by atoms with E-state index in [1.807, 2.05) is 38.1 Å². The molecule has 0 fully saturated rings. The lowest BCUT2D eigenvalue weighted by atomic mass is 10.1. The number of nitrogens with one attached hydrogen (secondary N) is 1. The minimum absolute atomic E-state index is 0.105. The topological polar surface area (TPSA) is 115 Å². The average Bonchev–Trinajstić information content (AvgIpc) is 3.25. The number of hydrogen-bond donors (Lipinski definition) is 1. The minimum atomic E-state index is -3.62. The molecular weight excluding hydrogens is 444 g/mol. The molecule has 0 spiro atoms. The number of carbonyl (C=O) groups is 1. The van der Waals surface area contributed by atoms with E-state index in [2.05, 4.69) is 15.5 Å². The summed E-state index contributed by atoms with van der Waals surface area (Å²) in [6, 6.07) is 10.4. The van der Waals surface area contributed by atoms with Crippen LogP contribution < -0.4 is 10.1 Å². The lowest BCUT2D eigenvalue weighted by molar-refractivity contribution is -0.116. The quantitative estimate of drug-likeness (QED) is 0.506. The van der Waals surface area contributed by atoms with Crippen molar-refractivity contribution in [1.82, 2.24) is 14.4 Å². The number of anilines is 1. The molecule has 0 aliphatic heterocycles. The van der Waals surface area contributed by atoms with Crippen LogP contribution in [0.2, 0.25) is 0 Å². The fourth-order valence-corrected chi connectivity index (χ4v) is 4.10. The highest BCUT2D eigenvalue weighted by molar-refractivity contribution is 7.89. The van der Waals surface area contributed by atoms with Gasteiger partial charge in [-0.15, -0.1) is 0 Å². The zero-order valence-corrected chi connectivity index (χ0v) is 20.2. The first-order valence-electron chi connectivity index (χ1n) is 10.5. The van der Waals surface area contributed by atoms with Gasteiger partial charge in [0.15, 0.2) is 0 Å². The van der Waals surface area contributed by atoms with Gasteiger partial charge in [0.25, 0.3) is 0 Å². The van der Waals surface area contributed by atoms with Crippen molar-refractivity contribution in [2.75, 3.05) is 26.0 Å². The van der Waals surface area contributed by atoms with E-state index in [4.69, 9.17) is 9.26 Å². The lowest BCUT2D eigenvalue weighted by Crippen LogP contribution is -2.23. The van der Waals surface area contributed by atoms with Crippen molar-refractivity contribution in [2.24, 2.45) is 0 Å². The molecule has 0 bridgehead atoms. The summed E-state index contributed by atoms with van der Waals surface area (Å²) in [7, 11) is -0.684. The maximum atomic E-state index is 12.5. The molecule has 0 saturated carbocycles. The second kappa shape index (κ2) is 10.1. The monoisotopic (exact) mass is 472 g/mol. The van der Waals surface area contributed by atoms with Crippen LogP contribution in [-0.4, -0.2) is 49.5 Å². The van der Waals surface area contributed by atoms with Gasteiger partial charge in [0.2, 0.25) is 27.6 Å². The number of hydrogen-bond acceptors (Lipinski definition) is 7.